The molecule has 1 N–H and O–H groups in total. The van der Waals surface area contributed by atoms with Crippen molar-refractivity contribution in [3.8, 4) is 5.75 Å². The Morgan fingerprint density at radius 1 is 1.32 bits per heavy atom. The third-order valence-electron chi connectivity index (χ3n) is 2.76. The van der Waals surface area contributed by atoms with E-state index in [0.29, 0.717) is 18.1 Å². The first-order valence-electron chi connectivity index (χ1n) is 7.11. The lowest BCUT2D eigenvalue weighted by Gasteiger charge is -2.08. The molecule has 1 heterocycles. The Morgan fingerprint density at radius 3 is 2.82 bits per heavy atom. The van der Waals surface area contributed by atoms with Crippen LogP contribution in [0.15, 0.2) is 53.9 Å². The third-order valence-corrected chi connectivity index (χ3v) is 2.76. The van der Waals surface area contributed by atoms with E-state index >= 15 is 0 Å². The molecule has 114 valence electrons. The van der Waals surface area contributed by atoms with E-state index in [1.165, 1.54) is 0 Å². The maximum Gasteiger partial charge on any atom is 0.271 e. The summed E-state index contributed by atoms with van der Waals surface area (Å²) in [6, 6.07) is 10.8. The summed E-state index contributed by atoms with van der Waals surface area (Å²) >= 11 is 0. The van der Waals surface area contributed by atoms with E-state index in [2.05, 4.69) is 29.4 Å². The largest absolute Gasteiger partial charge is 0.493 e. The lowest BCUT2D eigenvalue weighted by molar-refractivity contribution is 0.0955. The van der Waals surface area contributed by atoms with Crippen molar-refractivity contribution in [1.29, 1.82) is 0 Å². The topological polar surface area (TPSA) is 63.6 Å². The molecule has 1 amide bonds. The molecule has 22 heavy (non-hydrogen) atoms. The van der Waals surface area contributed by atoms with Crippen molar-refractivity contribution in [2.24, 2.45) is 11.0 Å². The number of rotatable bonds is 6. The van der Waals surface area contributed by atoms with E-state index in [4.69, 9.17) is 4.74 Å². The number of aromatic nitrogens is 1. The number of carbonyl (C=O) groups excluding carboxylic acids is 1. The molecule has 0 bridgehead atoms. The standard InChI is InChI=1S/C17H19N3O2/c1-13(2)12-22-16-5-3-4-14(10-16)11-19-20-17(21)15-6-8-18-9-7-15/h3-11,13H,12H2,1-2H3,(H,20,21)/b19-11-. The van der Waals surface area contributed by atoms with Crippen molar-refractivity contribution in [3.05, 3.63) is 59.9 Å². The summed E-state index contributed by atoms with van der Waals surface area (Å²) in [5.74, 6) is 0.987. The van der Waals surface area contributed by atoms with Crippen LogP contribution in [-0.2, 0) is 0 Å². The molecule has 1 aromatic carbocycles. The summed E-state index contributed by atoms with van der Waals surface area (Å²) in [4.78, 5) is 15.7. The number of amides is 1. The van der Waals surface area contributed by atoms with Crippen molar-refractivity contribution in [3.63, 3.8) is 0 Å². The monoisotopic (exact) mass is 297 g/mol. The van der Waals surface area contributed by atoms with E-state index in [9.17, 15) is 4.79 Å². The Bertz CT molecular complexity index is 639. The van der Waals surface area contributed by atoms with Gasteiger partial charge in [0.05, 0.1) is 12.8 Å². The molecule has 0 unspecified atom stereocenters. The molecular formula is C17H19N3O2. The molecule has 0 aliphatic carbocycles. The van der Waals surface area contributed by atoms with Crippen LogP contribution in [0.5, 0.6) is 5.75 Å². The zero-order valence-electron chi connectivity index (χ0n) is 12.7. The van der Waals surface area contributed by atoms with Crippen LogP contribution >= 0.6 is 0 Å². The molecule has 0 aliphatic rings. The fourth-order valence-corrected chi connectivity index (χ4v) is 1.68. The van der Waals surface area contributed by atoms with Crippen LogP contribution in [0, 0.1) is 5.92 Å². The van der Waals surface area contributed by atoms with Crippen molar-refractivity contribution < 1.29 is 9.53 Å². The minimum atomic E-state index is -0.272. The summed E-state index contributed by atoms with van der Waals surface area (Å²) < 4.78 is 5.65. The molecule has 0 saturated carbocycles. The van der Waals surface area contributed by atoms with E-state index in [0.717, 1.165) is 11.3 Å². The van der Waals surface area contributed by atoms with Gasteiger partial charge in [-0.15, -0.1) is 0 Å². The number of benzene rings is 1. The van der Waals surface area contributed by atoms with Gasteiger partial charge in [0.1, 0.15) is 5.75 Å². The van der Waals surface area contributed by atoms with Gasteiger partial charge in [-0.25, -0.2) is 5.43 Å². The highest BCUT2D eigenvalue weighted by atomic mass is 16.5. The second-order valence-corrected chi connectivity index (χ2v) is 5.21. The van der Waals surface area contributed by atoms with Crippen LogP contribution in [0.1, 0.15) is 29.8 Å². The minimum Gasteiger partial charge on any atom is -0.493 e. The summed E-state index contributed by atoms with van der Waals surface area (Å²) in [6.07, 6.45) is 4.71. The average molecular weight is 297 g/mol. The van der Waals surface area contributed by atoms with Crippen LogP contribution in [-0.4, -0.2) is 23.7 Å². The Labute approximate surface area is 130 Å². The van der Waals surface area contributed by atoms with Gasteiger partial charge in [-0.3, -0.25) is 9.78 Å². The number of hydrogen-bond donors (Lipinski definition) is 1. The Hall–Kier alpha value is -2.69. The second kappa shape index (κ2) is 7.93. The van der Waals surface area contributed by atoms with Gasteiger partial charge in [-0.05, 0) is 35.7 Å². The van der Waals surface area contributed by atoms with E-state index in [1.54, 1.807) is 30.7 Å². The van der Waals surface area contributed by atoms with Crippen molar-refractivity contribution >= 4 is 12.1 Å². The highest BCUT2D eigenvalue weighted by molar-refractivity contribution is 5.94. The summed E-state index contributed by atoms with van der Waals surface area (Å²) in [7, 11) is 0. The molecule has 1 aromatic heterocycles. The lowest BCUT2D eigenvalue weighted by atomic mass is 10.2. The second-order valence-electron chi connectivity index (χ2n) is 5.21. The molecule has 0 atom stereocenters. The third kappa shape index (κ3) is 5.01. The van der Waals surface area contributed by atoms with E-state index < -0.39 is 0 Å². The SMILES string of the molecule is CC(C)COc1cccc(/C=N\NC(=O)c2ccncc2)c1. The summed E-state index contributed by atoms with van der Waals surface area (Å²) in [5.41, 5.74) is 3.85. The van der Waals surface area contributed by atoms with Crippen molar-refractivity contribution in [2.75, 3.05) is 6.61 Å². The molecule has 2 aromatic rings. The number of pyridine rings is 1. The Kier molecular flexibility index (Phi) is 5.65. The predicted octanol–water partition coefficient (Wildman–Crippen LogP) is 2.88. The molecular weight excluding hydrogens is 278 g/mol. The zero-order valence-corrected chi connectivity index (χ0v) is 12.7. The van der Waals surface area contributed by atoms with Crippen LogP contribution in [0.3, 0.4) is 0 Å². The highest BCUT2D eigenvalue weighted by Gasteiger charge is 2.02. The first-order chi connectivity index (χ1) is 10.6. The molecule has 0 radical (unpaired) electrons. The van der Waals surface area contributed by atoms with Crippen LogP contribution in [0.2, 0.25) is 0 Å². The number of nitrogens with one attached hydrogen (secondary N) is 1. The lowest BCUT2D eigenvalue weighted by Crippen LogP contribution is -2.17. The molecule has 5 nitrogen and oxygen atoms in total. The maximum absolute atomic E-state index is 11.8. The number of carbonyl (C=O) groups is 1. The Balaban J connectivity index is 1.93. The van der Waals surface area contributed by atoms with Gasteiger partial charge in [-0.1, -0.05) is 26.0 Å². The predicted molar refractivity (Wildman–Crippen MR) is 86.1 cm³/mol. The van der Waals surface area contributed by atoms with Gasteiger partial charge < -0.3 is 4.74 Å². The molecule has 0 aliphatic heterocycles. The summed E-state index contributed by atoms with van der Waals surface area (Å²) in [6.45, 7) is 4.86. The molecule has 0 saturated heterocycles. The van der Waals surface area contributed by atoms with Gasteiger partial charge in [0.2, 0.25) is 0 Å². The molecule has 0 spiro atoms. The number of hydrogen-bond acceptors (Lipinski definition) is 4. The van der Waals surface area contributed by atoms with Gasteiger partial charge in [0, 0.05) is 18.0 Å². The average Bonchev–Trinajstić information content (AvgIpc) is 2.54. The normalized spacial score (nSPS) is 10.9. The minimum absolute atomic E-state index is 0.272. The number of nitrogens with zero attached hydrogens (tertiary/aromatic N) is 2. The van der Waals surface area contributed by atoms with Crippen molar-refractivity contribution in [1.82, 2.24) is 10.4 Å². The van der Waals surface area contributed by atoms with Gasteiger partial charge in [0.25, 0.3) is 5.91 Å². The highest BCUT2D eigenvalue weighted by Crippen LogP contribution is 2.13. The van der Waals surface area contributed by atoms with Gasteiger partial charge >= 0.3 is 0 Å². The maximum atomic E-state index is 11.8. The molecule has 2 rings (SSSR count). The fraction of sp³-hybridized carbons (Fsp3) is 0.235. The zero-order chi connectivity index (χ0) is 15.8. The quantitative estimate of drug-likeness (QED) is 0.658. The van der Waals surface area contributed by atoms with Crippen LogP contribution in [0.4, 0.5) is 0 Å². The van der Waals surface area contributed by atoms with E-state index in [-0.39, 0.29) is 5.91 Å². The summed E-state index contributed by atoms with van der Waals surface area (Å²) in [5, 5.41) is 3.95. The van der Waals surface area contributed by atoms with Gasteiger partial charge in [-0.2, -0.15) is 5.10 Å². The van der Waals surface area contributed by atoms with Crippen molar-refractivity contribution in [2.45, 2.75) is 13.8 Å². The number of ether oxygens (including phenoxy) is 1. The van der Waals surface area contributed by atoms with Gasteiger partial charge in [0.15, 0.2) is 0 Å². The molecule has 5 heteroatoms. The molecule has 0 fully saturated rings. The fourth-order valence-electron chi connectivity index (χ4n) is 1.68. The smallest absolute Gasteiger partial charge is 0.271 e. The Morgan fingerprint density at radius 2 is 2.09 bits per heavy atom. The van der Waals surface area contributed by atoms with E-state index in [1.807, 2.05) is 24.3 Å². The first kappa shape index (κ1) is 15.7. The number of hydrazone groups is 1. The van der Waals surface area contributed by atoms with Crippen LogP contribution in [0.25, 0.3) is 0 Å². The first-order valence-corrected chi connectivity index (χ1v) is 7.11. The van der Waals surface area contributed by atoms with Crippen LogP contribution < -0.4 is 10.2 Å².